The summed E-state index contributed by atoms with van der Waals surface area (Å²) in [6.45, 7) is 7.01. The summed E-state index contributed by atoms with van der Waals surface area (Å²) in [7, 11) is 1.75. The van der Waals surface area contributed by atoms with Crippen molar-refractivity contribution < 1.29 is 9.47 Å². The molecule has 3 aromatic rings. The fourth-order valence-corrected chi connectivity index (χ4v) is 5.68. The van der Waals surface area contributed by atoms with E-state index in [1.165, 1.54) is 4.80 Å². The van der Waals surface area contributed by atoms with Crippen LogP contribution in [0.15, 0.2) is 30.5 Å². The number of nitrogens with one attached hydrogen (secondary N) is 3. The van der Waals surface area contributed by atoms with E-state index in [1.807, 2.05) is 24.4 Å². The highest BCUT2D eigenvalue weighted by Gasteiger charge is 2.32. The molecule has 1 saturated heterocycles. The lowest BCUT2D eigenvalue weighted by Gasteiger charge is -2.32. The van der Waals surface area contributed by atoms with E-state index in [9.17, 15) is 5.26 Å². The first-order chi connectivity index (χ1) is 20.4. The number of rotatable bonds is 12. The van der Waals surface area contributed by atoms with Gasteiger partial charge in [0, 0.05) is 49.6 Å². The van der Waals surface area contributed by atoms with Crippen molar-refractivity contribution in [1.82, 2.24) is 35.5 Å². The number of hydrogen-bond acceptors (Lipinski definition) is 11. The van der Waals surface area contributed by atoms with Crippen LogP contribution in [-0.2, 0) is 23.1 Å². The molecule has 3 aromatic heterocycles. The molecule has 1 atom stereocenters. The normalized spacial score (nSPS) is 20.9. The van der Waals surface area contributed by atoms with Crippen LogP contribution in [0, 0.1) is 23.7 Å². The third-order valence-electron chi connectivity index (χ3n) is 8.17. The number of nitriles is 1. The van der Waals surface area contributed by atoms with Gasteiger partial charge in [-0.2, -0.15) is 10.1 Å². The lowest BCUT2D eigenvalue weighted by molar-refractivity contribution is 0.0455. The summed E-state index contributed by atoms with van der Waals surface area (Å²) >= 11 is 0. The maximum Gasteiger partial charge on any atom is 0.200 e. The Morgan fingerprint density at radius 2 is 1.95 bits per heavy atom. The van der Waals surface area contributed by atoms with Gasteiger partial charge in [0.1, 0.15) is 18.2 Å². The van der Waals surface area contributed by atoms with Crippen molar-refractivity contribution in [1.29, 1.82) is 5.26 Å². The number of aryl methyl sites for hydroxylation is 2. The number of tetrazole rings is 1. The zero-order valence-corrected chi connectivity index (χ0v) is 24.8. The number of ether oxygens (including phenoxy) is 2. The highest BCUT2D eigenvalue weighted by Crippen LogP contribution is 2.31. The van der Waals surface area contributed by atoms with Gasteiger partial charge in [0.05, 0.1) is 30.8 Å². The SMILES string of the molecule is Cc1cnc(NC2CCC(N[C@@H](C)COCc3nnn(C)n3)CC2)cc1-c1cccc(NCC2(C#N)CCOCC2)n1. The molecule has 4 heterocycles. The zero-order valence-electron chi connectivity index (χ0n) is 24.8. The van der Waals surface area contributed by atoms with Gasteiger partial charge >= 0.3 is 0 Å². The van der Waals surface area contributed by atoms with E-state index in [-0.39, 0.29) is 6.04 Å². The van der Waals surface area contributed by atoms with Gasteiger partial charge in [0.15, 0.2) is 5.82 Å². The van der Waals surface area contributed by atoms with Crippen LogP contribution in [0.2, 0.25) is 0 Å². The van der Waals surface area contributed by atoms with Gasteiger partial charge in [-0.1, -0.05) is 6.07 Å². The Balaban J connectivity index is 1.10. The minimum absolute atomic E-state index is 0.248. The first-order valence-electron chi connectivity index (χ1n) is 14.9. The van der Waals surface area contributed by atoms with Crippen LogP contribution in [0.1, 0.15) is 56.8 Å². The second-order valence-corrected chi connectivity index (χ2v) is 11.6. The van der Waals surface area contributed by atoms with Gasteiger partial charge in [-0.3, -0.25) is 0 Å². The predicted octanol–water partition coefficient (Wildman–Crippen LogP) is 3.63. The van der Waals surface area contributed by atoms with E-state index < -0.39 is 5.41 Å². The van der Waals surface area contributed by atoms with Crippen molar-refractivity contribution >= 4 is 11.6 Å². The summed E-state index contributed by atoms with van der Waals surface area (Å²) in [5.74, 6) is 2.25. The van der Waals surface area contributed by atoms with Gasteiger partial charge in [-0.15, -0.1) is 10.2 Å². The van der Waals surface area contributed by atoms with Crippen molar-refractivity contribution in [3.63, 3.8) is 0 Å². The van der Waals surface area contributed by atoms with Crippen LogP contribution in [0.5, 0.6) is 0 Å². The second kappa shape index (κ2) is 14.0. The third kappa shape index (κ3) is 8.00. The van der Waals surface area contributed by atoms with Crippen LogP contribution < -0.4 is 16.0 Å². The molecule has 1 aliphatic carbocycles. The summed E-state index contributed by atoms with van der Waals surface area (Å²) < 4.78 is 11.2. The molecule has 3 N–H and O–H groups in total. The summed E-state index contributed by atoms with van der Waals surface area (Å²) in [6.07, 6.45) is 7.73. The molecule has 12 nitrogen and oxygen atoms in total. The summed E-state index contributed by atoms with van der Waals surface area (Å²) in [5.41, 5.74) is 2.61. The van der Waals surface area contributed by atoms with Gasteiger partial charge < -0.3 is 25.4 Å². The summed E-state index contributed by atoms with van der Waals surface area (Å²) in [5, 5.41) is 32.5. The highest BCUT2D eigenvalue weighted by atomic mass is 16.5. The average Bonchev–Trinajstić information content (AvgIpc) is 3.43. The Bertz CT molecular complexity index is 1340. The molecule has 2 aliphatic rings. The van der Waals surface area contributed by atoms with E-state index in [1.54, 1.807) is 7.05 Å². The highest BCUT2D eigenvalue weighted by molar-refractivity contribution is 5.68. The molecule has 12 heteroatoms. The standard InChI is InChI=1S/C30H42N10O2/c1-21-16-32-28(15-25(21)26-5-4-6-27(36-26)33-20-30(19-31)11-13-41-14-12-30)35-24-9-7-23(8-10-24)34-22(2)17-42-18-29-37-39-40(3)38-29/h4-6,15-16,22-24,34H,7-14,17-18,20H2,1-3H3,(H,32,35)(H,33,36)/t22-,23?,24?/m0/s1. The Morgan fingerprint density at radius 3 is 2.69 bits per heavy atom. The van der Waals surface area contributed by atoms with Gasteiger partial charge in [-0.25, -0.2) is 9.97 Å². The molecule has 0 unspecified atom stereocenters. The first kappa shape index (κ1) is 29.8. The Labute approximate surface area is 247 Å². The predicted molar refractivity (Wildman–Crippen MR) is 160 cm³/mol. The van der Waals surface area contributed by atoms with Crippen LogP contribution >= 0.6 is 0 Å². The molecule has 0 amide bonds. The molecular weight excluding hydrogens is 532 g/mol. The quantitative estimate of drug-likeness (QED) is 0.291. The van der Waals surface area contributed by atoms with Gasteiger partial charge in [0.2, 0.25) is 0 Å². The van der Waals surface area contributed by atoms with Crippen LogP contribution in [0.3, 0.4) is 0 Å². The largest absolute Gasteiger partial charge is 0.381 e. The summed E-state index contributed by atoms with van der Waals surface area (Å²) in [4.78, 5) is 11.0. The number of hydrogen-bond donors (Lipinski definition) is 3. The lowest BCUT2D eigenvalue weighted by Crippen LogP contribution is -2.43. The minimum atomic E-state index is -0.407. The van der Waals surface area contributed by atoms with Crippen molar-refractivity contribution in [3.8, 4) is 17.3 Å². The Morgan fingerprint density at radius 1 is 1.17 bits per heavy atom. The topological polar surface area (TPSA) is 148 Å². The molecule has 1 aliphatic heterocycles. The molecule has 0 radical (unpaired) electrons. The molecular formula is C30H42N10O2. The molecule has 0 bridgehead atoms. The first-order valence-corrected chi connectivity index (χ1v) is 14.9. The van der Waals surface area contributed by atoms with E-state index in [0.29, 0.717) is 50.9 Å². The Hall–Kier alpha value is -3.66. The van der Waals surface area contributed by atoms with Gasteiger partial charge in [-0.05, 0) is 81.3 Å². The zero-order chi connectivity index (χ0) is 29.4. The molecule has 1 saturated carbocycles. The van der Waals surface area contributed by atoms with Crippen molar-refractivity contribution in [2.45, 2.75) is 77.1 Å². The van der Waals surface area contributed by atoms with E-state index >= 15 is 0 Å². The van der Waals surface area contributed by atoms with Crippen LogP contribution in [0.4, 0.5) is 11.6 Å². The smallest absolute Gasteiger partial charge is 0.200 e. The minimum Gasteiger partial charge on any atom is -0.381 e. The fraction of sp³-hybridized carbons (Fsp3) is 0.600. The van der Waals surface area contributed by atoms with E-state index in [0.717, 1.165) is 67.0 Å². The van der Waals surface area contributed by atoms with E-state index in [2.05, 4.69) is 62.3 Å². The van der Waals surface area contributed by atoms with Crippen molar-refractivity contribution in [2.24, 2.45) is 12.5 Å². The van der Waals surface area contributed by atoms with Crippen molar-refractivity contribution in [3.05, 3.63) is 41.9 Å². The second-order valence-electron chi connectivity index (χ2n) is 11.6. The van der Waals surface area contributed by atoms with Crippen molar-refractivity contribution in [2.75, 3.05) is 37.0 Å². The maximum atomic E-state index is 9.78. The number of anilines is 2. The third-order valence-corrected chi connectivity index (χ3v) is 8.17. The van der Waals surface area contributed by atoms with E-state index in [4.69, 9.17) is 14.5 Å². The molecule has 0 aromatic carbocycles. The van der Waals surface area contributed by atoms with Crippen LogP contribution in [-0.4, -0.2) is 74.7 Å². The number of pyridine rings is 2. The summed E-state index contributed by atoms with van der Waals surface area (Å²) in [6, 6.07) is 11.7. The maximum absolute atomic E-state index is 9.78. The molecule has 0 spiro atoms. The molecule has 2 fully saturated rings. The monoisotopic (exact) mass is 574 g/mol. The Kier molecular flexibility index (Phi) is 9.94. The van der Waals surface area contributed by atoms with Crippen LogP contribution in [0.25, 0.3) is 11.3 Å². The molecule has 42 heavy (non-hydrogen) atoms. The number of nitrogens with zero attached hydrogens (tertiary/aromatic N) is 7. The fourth-order valence-electron chi connectivity index (χ4n) is 5.68. The van der Waals surface area contributed by atoms with Gasteiger partial charge in [0.25, 0.3) is 0 Å². The molecule has 5 rings (SSSR count). The average molecular weight is 575 g/mol. The lowest BCUT2D eigenvalue weighted by atomic mass is 9.82. The molecule has 224 valence electrons. The number of aromatic nitrogens is 6.